The van der Waals surface area contributed by atoms with Gasteiger partial charge in [-0.1, -0.05) is 26.2 Å². The number of β-amino-alcohol motifs (C(OH)–C–C–N with tert-alkyl or cyclic N) is 1. The Kier molecular flexibility index (Phi) is 3.44. The van der Waals surface area contributed by atoms with E-state index in [9.17, 15) is 5.11 Å². The van der Waals surface area contributed by atoms with Crippen LogP contribution in [0, 0.1) is 11.3 Å². The zero-order valence-electron chi connectivity index (χ0n) is 12.0. The molecule has 1 aliphatic heterocycles. The van der Waals surface area contributed by atoms with Crippen LogP contribution >= 0.6 is 0 Å². The zero-order chi connectivity index (χ0) is 12.6. The van der Waals surface area contributed by atoms with E-state index in [-0.39, 0.29) is 5.60 Å². The maximum atomic E-state index is 10.7. The van der Waals surface area contributed by atoms with E-state index < -0.39 is 0 Å². The van der Waals surface area contributed by atoms with E-state index in [1.54, 1.807) is 0 Å². The fourth-order valence-electron chi connectivity index (χ4n) is 4.65. The number of rotatable bonds is 3. The van der Waals surface area contributed by atoms with Gasteiger partial charge < -0.3 is 5.11 Å². The van der Waals surface area contributed by atoms with Crippen molar-refractivity contribution in [3.63, 3.8) is 0 Å². The highest BCUT2D eigenvalue weighted by molar-refractivity contribution is 5.00. The molecule has 0 unspecified atom stereocenters. The average Bonchev–Trinajstić information content (AvgIpc) is 2.79. The second-order valence-corrected chi connectivity index (χ2v) is 7.43. The maximum absolute atomic E-state index is 10.7. The van der Waals surface area contributed by atoms with E-state index in [4.69, 9.17) is 0 Å². The van der Waals surface area contributed by atoms with Crippen LogP contribution in [0.25, 0.3) is 0 Å². The molecule has 1 saturated heterocycles. The molecule has 2 aliphatic carbocycles. The Balaban J connectivity index is 1.46. The number of likely N-dealkylation sites (tertiary alicyclic amines) is 1. The minimum Gasteiger partial charge on any atom is -0.389 e. The summed E-state index contributed by atoms with van der Waals surface area (Å²) in [6.07, 6.45) is 11.6. The van der Waals surface area contributed by atoms with Crippen molar-refractivity contribution in [1.29, 1.82) is 0 Å². The van der Waals surface area contributed by atoms with Crippen LogP contribution in [0.1, 0.15) is 64.7 Å². The molecule has 1 N–H and O–H groups in total. The van der Waals surface area contributed by atoms with Crippen molar-refractivity contribution in [2.45, 2.75) is 70.3 Å². The average molecular weight is 251 g/mol. The summed E-state index contributed by atoms with van der Waals surface area (Å²) in [4.78, 5) is 2.53. The molecule has 0 bridgehead atoms. The molecule has 18 heavy (non-hydrogen) atoms. The van der Waals surface area contributed by atoms with Gasteiger partial charge in [0.2, 0.25) is 0 Å². The smallest absolute Gasteiger partial charge is 0.0774 e. The van der Waals surface area contributed by atoms with E-state index in [0.717, 1.165) is 25.3 Å². The molecule has 1 heterocycles. The van der Waals surface area contributed by atoms with Crippen molar-refractivity contribution in [1.82, 2.24) is 4.90 Å². The molecule has 0 radical (unpaired) electrons. The molecule has 104 valence electrons. The highest BCUT2D eigenvalue weighted by Gasteiger charge is 2.47. The quantitative estimate of drug-likeness (QED) is 0.832. The van der Waals surface area contributed by atoms with Gasteiger partial charge in [-0.2, -0.15) is 0 Å². The SMILES string of the molecule is CCC1CCC(O)(CN2CC3(CCCC3)C2)CC1. The summed E-state index contributed by atoms with van der Waals surface area (Å²) in [6.45, 7) is 5.78. The molecule has 0 atom stereocenters. The molecular formula is C16H29NO. The van der Waals surface area contributed by atoms with Crippen molar-refractivity contribution in [2.75, 3.05) is 19.6 Å². The fourth-order valence-corrected chi connectivity index (χ4v) is 4.65. The number of nitrogens with zero attached hydrogens (tertiary/aromatic N) is 1. The van der Waals surface area contributed by atoms with Crippen molar-refractivity contribution in [3.8, 4) is 0 Å². The number of hydrogen-bond acceptors (Lipinski definition) is 2. The van der Waals surface area contributed by atoms with E-state index in [2.05, 4.69) is 11.8 Å². The Morgan fingerprint density at radius 2 is 1.67 bits per heavy atom. The zero-order valence-corrected chi connectivity index (χ0v) is 12.0. The third kappa shape index (κ3) is 2.46. The van der Waals surface area contributed by atoms with Crippen LogP contribution in [-0.4, -0.2) is 35.2 Å². The summed E-state index contributed by atoms with van der Waals surface area (Å²) < 4.78 is 0. The van der Waals surface area contributed by atoms with Crippen LogP contribution in [0.4, 0.5) is 0 Å². The summed E-state index contributed by atoms with van der Waals surface area (Å²) in [5.74, 6) is 0.878. The predicted molar refractivity (Wildman–Crippen MR) is 74.5 cm³/mol. The highest BCUT2D eigenvalue weighted by atomic mass is 16.3. The minimum atomic E-state index is -0.355. The molecule has 0 amide bonds. The summed E-state index contributed by atoms with van der Waals surface area (Å²) >= 11 is 0. The standard InChI is InChI=1S/C16H29NO/c1-2-14-5-9-16(18,10-6-14)13-17-11-15(12-17)7-3-4-8-15/h14,18H,2-13H2,1H3. The first kappa shape index (κ1) is 12.9. The molecule has 2 heteroatoms. The fraction of sp³-hybridized carbons (Fsp3) is 1.00. The molecule has 3 rings (SSSR count). The van der Waals surface area contributed by atoms with E-state index in [0.29, 0.717) is 5.41 Å². The van der Waals surface area contributed by atoms with Crippen LogP contribution in [-0.2, 0) is 0 Å². The first-order valence-corrected chi connectivity index (χ1v) is 8.08. The van der Waals surface area contributed by atoms with Crippen LogP contribution in [0.15, 0.2) is 0 Å². The molecule has 1 spiro atoms. The van der Waals surface area contributed by atoms with Crippen LogP contribution in [0.5, 0.6) is 0 Å². The third-order valence-corrected chi connectivity index (χ3v) is 5.91. The summed E-state index contributed by atoms with van der Waals surface area (Å²) in [5, 5.41) is 10.7. The molecular weight excluding hydrogens is 222 g/mol. The van der Waals surface area contributed by atoms with E-state index in [1.807, 2.05) is 0 Å². The molecule has 2 saturated carbocycles. The topological polar surface area (TPSA) is 23.5 Å². The van der Waals surface area contributed by atoms with Gasteiger partial charge in [-0.25, -0.2) is 0 Å². The molecule has 2 nitrogen and oxygen atoms in total. The molecule has 3 aliphatic rings. The Morgan fingerprint density at radius 3 is 2.22 bits per heavy atom. The lowest BCUT2D eigenvalue weighted by Gasteiger charge is -2.51. The third-order valence-electron chi connectivity index (χ3n) is 5.91. The van der Waals surface area contributed by atoms with E-state index in [1.165, 1.54) is 58.0 Å². The van der Waals surface area contributed by atoms with Gasteiger partial charge in [0.05, 0.1) is 5.60 Å². The van der Waals surface area contributed by atoms with Crippen LogP contribution in [0.3, 0.4) is 0 Å². The normalized spacial score (nSPS) is 40.0. The minimum absolute atomic E-state index is 0.355. The lowest BCUT2D eigenvalue weighted by molar-refractivity contribution is -0.0858. The first-order chi connectivity index (χ1) is 8.63. The molecule has 3 fully saturated rings. The Morgan fingerprint density at radius 1 is 1.06 bits per heavy atom. The van der Waals surface area contributed by atoms with Gasteiger partial charge in [-0.15, -0.1) is 0 Å². The predicted octanol–water partition coefficient (Wildman–Crippen LogP) is 3.19. The lowest BCUT2D eigenvalue weighted by atomic mass is 9.74. The Bertz CT molecular complexity index is 279. The molecule has 0 aromatic carbocycles. The second kappa shape index (κ2) is 4.79. The summed E-state index contributed by atoms with van der Waals surface area (Å²) in [7, 11) is 0. The van der Waals surface area contributed by atoms with Gasteiger partial charge in [-0.3, -0.25) is 4.90 Å². The Hall–Kier alpha value is -0.0800. The monoisotopic (exact) mass is 251 g/mol. The van der Waals surface area contributed by atoms with Crippen molar-refractivity contribution >= 4 is 0 Å². The largest absolute Gasteiger partial charge is 0.389 e. The first-order valence-electron chi connectivity index (χ1n) is 8.08. The van der Waals surface area contributed by atoms with Gasteiger partial charge in [0.25, 0.3) is 0 Å². The van der Waals surface area contributed by atoms with Crippen molar-refractivity contribution < 1.29 is 5.11 Å². The number of aliphatic hydroxyl groups is 1. The van der Waals surface area contributed by atoms with Gasteiger partial charge in [-0.05, 0) is 49.9 Å². The second-order valence-electron chi connectivity index (χ2n) is 7.43. The van der Waals surface area contributed by atoms with Crippen molar-refractivity contribution in [2.24, 2.45) is 11.3 Å². The van der Waals surface area contributed by atoms with Crippen molar-refractivity contribution in [3.05, 3.63) is 0 Å². The Labute approximate surface area is 112 Å². The van der Waals surface area contributed by atoms with Gasteiger partial charge >= 0.3 is 0 Å². The maximum Gasteiger partial charge on any atom is 0.0774 e. The van der Waals surface area contributed by atoms with Crippen LogP contribution in [0.2, 0.25) is 0 Å². The van der Waals surface area contributed by atoms with Gasteiger partial charge in [0.15, 0.2) is 0 Å². The molecule has 0 aromatic rings. The van der Waals surface area contributed by atoms with E-state index >= 15 is 0 Å². The van der Waals surface area contributed by atoms with Gasteiger partial charge in [0, 0.05) is 19.6 Å². The number of hydrogen-bond donors (Lipinski definition) is 1. The summed E-state index contributed by atoms with van der Waals surface area (Å²) in [5.41, 5.74) is 0.322. The summed E-state index contributed by atoms with van der Waals surface area (Å²) in [6, 6.07) is 0. The lowest BCUT2D eigenvalue weighted by Crippen LogP contribution is -2.59. The van der Waals surface area contributed by atoms with Gasteiger partial charge in [0.1, 0.15) is 0 Å². The van der Waals surface area contributed by atoms with Crippen LogP contribution < -0.4 is 0 Å². The molecule has 0 aromatic heterocycles. The highest BCUT2D eigenvalue weighted by Crippen LogP contribution is 2.46.